The van der Waals surface area contributed by atoms with E-state index in [-0.39, 0.29) is 0 Å². The number of hydrogen-bond acceptors (Lipinski definition) is 3. The molecule has 0 radical (unpaired) electrons. The third kappa shape index (κ3) is 2.83. The number of fused-ring (bicyclic) bond motifs is 1. The SMILES string of the molecule is CSC(C)CCNC1CCCc2occc21. The molecule has 3 heteroatoms. The molecule has 1 aliphatic carbocycles. The zero-order valence-electron chi connectivity index (χ0n) is 10.2. The third-order valence-corrected chi connectivity index (χ3v) is 4.44. The molecule has 0 amide bonds. The molecule has 1 aromatic heterocycles. The zero-order valence-corrected chi connectivity index (χ0v) is 11.0. The number of furan rings is 1. The summed E-state index contributed by atoms with van der Waals surface area (Å²) in [6, 6.07) is 2.65. The monoisotopic (exact) mass is 239 g/mol. The second kappa shape index (κ2) is 5.78. The van der Waals surface area contributed by atoms with Gasteiger partial charge in [0.15, 0.2) is 0 Å². The Balaban J connectivity index is 1.83. The maximum Gasteiger partial charge on any atom is 0.108 e. The average molecular weight is 239 g/mol. The van der Waals surface area contributed by atoms with Gasteiger partial charge in [-0.1, -0.05) is 6.92 Å². The first-order valence-electron chi connectivity index (χ1n) is 6.13. The fraction of sp³-hybridized carbons (Fsp3) is 0.692. The molecule has 0 aromatic carbocycles. The van der Waals surface area contributed by atoms with Gasteiger partial charge in [0.05, 0.1) is 6.26 Å². The summed E-state index contributed by atoms with van der Waals surface area (Å²) < 4.78 is 5.49. The fourth-order valence-corrected chi connectivity index (χ4v) is 2.63. The van der Waals surface area contributed by atoms with Crippen molar-refractivity contribution in [1.29, 1.82) is 0 Å². The minimum Gasteiger partial charge on any atom is -0.469 e. The Bertz CT molecular complexity index is 323. The topological polar surface area (TPSA) is 25.2 Å². The normalized spacial score (nSPS) is 21.8. The van der Waals surface area contributed by atoms with Crippen molar-refractivity contribution in [1.82, 2.24) is 5.32 Å². The predicted molar refractivity (Wildman–Crippen MR) is 70.0 cm³/mol. The quantitative estimate of drug-likeness (QED) is 0.852. The van der Waals surface area contributed by atoms with E-state index in [1.54, 1.807) is 0 Å². The van der Waals surface area contributed by atoms with E-state index in [4.69, 9.17) is 4.42 Å². The molecule has 0 saturated heterocycles. The number of thioether (sulfide) groups is 1. The van der Waals surface area contributed by atoms with Gasteiger partial charge in [0, 0.05) is 23.3 Å². The molecular formula is C13H21NOS. The van der Waals surface area contributed by atoms with Gasteiger partial charge >= 0.3 is 0 Å². The molecule has 0 fully saturated rings. The summed E-state index contributed by atoms with van der Waals surface area (Å²) in [7, 11) is 0. The first-order valence-corrected chi connectivity index (χ1v) is 7.42. The average Bonchev–Trinajstić information content (AvgIpc) is 2.77. The van der Waals surface area contributed by atoms with Crippen molar-refractivity contribution in [2.24, 2.45) is 0 Å². The second-order valence-electron chi connectivity index (χ2n) is 4.53. The van der Waals surface area contributed by atoms with Gasteiger partial charge < -0.3 is 9.73 Å². The van der Waals surface area contributed by atoms with Crippen LogP contribution >= 0.6 is 11.8 Å². The van der Waals surface area contributed by atoms with Crippen molar-refractivity contribution in [2.75, 3.05) is 12.8 Å². The van der Waals surface area contributed by atoms with Gasteiger partial charge in [-0.25, -0.2) is 0 Å². The third-order valence-electron chi connectivity index (χ3n) is 3.40. The summed E-state index contributed by atoms with van der Waals surface area (Å²) in [5, 5.41) is 4.41. The summed E-state index contributed by atoms with van der Waals surface area (Å²) in [6.45, 7) is 3.40. The Morgan fingerprint density at radius 1 is 1.62 bits per heavy atom. The molecule has 1 N–H and O–H groups in total. The minimum atomic E-state index is 0.525. The molecule has 0 spiro atoms. The fourth-order valence-electron chi connectivity index (χ4n) is 2.28. The van der Waals surface area contributed by atoms with E-state index in [0.717, 1.165) is 18.2 Å². The van der Waals surface area contributed by atoms with Crippen molar-refractivity contribution in [2.45, 2.75) is 43.9 Å². The Labute approximate surface area is 102 Å². The van der Waals surface area contributed by atoms with E-state index in [0.29, 0.717) is 6.04 Å². The van der Waals surface area contributed by atoms with Crippen molar-refractivity contribution in [3.63, 3.8) is 0 Å². The summed E-state index contributed by atoms with van der Waals surface area (Å²) in [5.41, 5.74) is 1.39. The molecule has 1 aromatic rings. The smallest absolute Gasteiger partial charge is 0.108 e. The van der Waals surface area contributed by atoms with Crippen LogP contribution in [0, 0.1) is 0 Å². The van der Waals surface area contributed by atoms with Crippen molar-refractivity contribution in [3.05, 3.63) is 23.7 Å². The lowest BCUT2D eigenvalue weighted by molar-refractivity contribution is 0.410. The van der Waals surface area contributed by atoms with Crippen LogP contribution in [0.15, 0.2) is 16.7 Å². The lowest BCUT2D eigenvalue weighted by Crippen LogP contribution is -2.26. The van der Waals surface area contributed by atoms with Crippen LogP contribution in [-0.4, -0.2) is 18.1 Å². The summed E-state index contributed by atoms with van der Waals surface area (Å²) in [4.78, 5) is 0. The highest BCUT2D eigenvalue weighted by Gasteiger charge is 2.21. The largest absolute Gasteiger partial charge is 0.469 e. The van der Waals surface area contributed by atoms with Gasteiger partial charge in [-0.2, -0.15) is 11.8 Å². The van der Waals surface area contributed by atoms with Crippen LogP contribution < -0.4 is 5.32 Å². The molecule has 2 rings (SSSR count). The molecule has 1 aliphatic rings. The van der Waals surface area contributed by atoms with E-state index in [1.165, 1.54) is 30.6 Å². The number of aryl methyl sites for hydroxylation is 1. The Hall–Kier alpha value is -0.410. The number of rotatable bonds is 5. The first-order chi connectivity index (χ1) is 7.81. The highest BCUT2D eigenvalue weighted by atomic mass is 32.2. The lowest BCUT2D eigenvalue weighted by Gasteiger charge is -2.23. The summed E-state index contributed by atoms with van der Waals surface area (Å²) >= 11 is 1.94. The Morgan fingerprint density at radius 3 is 3.31 bits per heavy atom. The van der Waals surface area contributed by atoms with Crippen LogP contribution in [0.4, 0.5) is 0 Å². The molecular weight excluding hydrogens is 218 g/mol. The molecule has 90 valence electrons. The van der Waals surface area contributed by atoms with Crippen molar-refractivity contribution < 1.29 is 4.42 Å². The first kappa shape index (κ1) is 12.1. The lowest BCUT2D eigenvalue weighted by atomic mass is 9.93. The molecule has 0 bridgehead atoms. The second-order valence-corrected chi connectivity index (χ2v) is 5.81. The summed E-state index contributed by atoms with van der Waals surface area (Å²) in [6.07, 6.45) is 8.86. The number of nitrogens with one attached hydrogen (secondary N) is 1. The van der Waals surface area contributed by atoms with Gasteiger partial charge in [-0.15, -0.1) is 0 Å². The summed E-state index contributed by atoms with van der Waals surface area (Å²) in [5.74, 6) is 1.20. The minimum absolute atomic E-state index is 0.525. The van der Waals surface area contributed by atoms with Gasteiger partial charge in [0.2, 0.25) is 0 Å². The van der Waals surface area contributed by atoms with Crippen LogP contribution in [-0.2, 0) is 6.42 Å². The van der Waals surface area contributed by atoms with Gasteiger partial charge in [-0.3, -0.25) is 0 Å². The van der Waals surface area contributed by atoms with Crippen LogP contribution in [0.5, 0.6) is 0 Å². The van der Waals surface area contributed by atoms with Crippen LogP contribution in [0.25, 0.3) is 0 Å². The standard InChI is InChI=1S/C13H21NOS/c1-10(16-2)6-8-14-12-4-3-5-13-11(12)7-9-15-13/h7,9-10,12,14H,3-6,8H2,1-2H3. The predicted octanol–water partition coefficient (Wildman–Crippen LogP) is 3.39. The molecule has 16 heavy (non-hydrogen) atoms. The van der Waals surface area contributed by atoms with Gasteiger partial charge in [0.1, 0.15) is 5.76 Å². The van der Waals surface area contributed by atoms with Crippen LogP contribution in [0.2, 0.25) is 0 Å². The van der Waals surface area contributed by atoms with E-state index < -0.39 is 0 Å². The van der Waals surface area contributed by atoms with E-state index in [2.05, 4.69) is 24.6 Å². The molecule has 1 heterocycles. The van der Waals surface area contributed by atoms with Crippen molar-refractivity contribution in [3.8, 4) is 0 Å². The highest BCUT2D eigenvalue weighted by molar-refractivity contribution is 7.99. The maximum absolute atomic E-state index is 5.49. The Morgan fingerprint density at radius 2 is 2.50 bits per heavy atom. The molecule has 2 atom stereocenters. The van der Waals surface area contributed by atoms with Crippen LogP contribution in [0.3, 0.4) is 0 Å². The van der Waals surface area contributed by atoms with E-state index >= 15 is 0 Å². The molecule has 0 saturated carbocycles. The number of hydrogen-bond donors (Lipinski definition) is 1. The molecule has 0 aliphatic heterocycles. The highest BCUT2D eigenvalue weighted by Crippen LogP contribution is 2.30. The molecule has 2 unspecified atom stereocenters. The van der Waals surface area contributed by atoms with E-state index in [1.807, 2.05) is 18.0 Å². The van der Waals surface area contributed by atoms with Crippen LogP contribution in [0.1, 0.15) is 43.6 Å². The van der Waals surface area contributed by atoms with Gasteiger partial charge in [0.25, 0.3) is 0 Å². The Kier molecular flexibility index (Phi) is 4.36. The maximum atomic E-state index is 5.49. The van der Waals surface area contributed by atoms with E-state index in [9.17, 15) is 0 Å². The van der Waals surface area contributed by atoms with Gasteiger partial charge in [-0.05, 0) is 38.1 Å². The molecule has 2 nitrogen and oxygen atoms in total. The van der Waals surface area contributed by atoms with Crippen molar-refractivity contribution >= 4 is 11.8 Å². The zero-order chi connectivity index (χ0) is 11.4.